The molecule has 4 rings (SSSR count). The Labute approximate surface area is 149 Å². The van der Waals surface area contributed by atoms with Crippen LogP contribution in [0.2, 0.25) is 0 Å². The minimum Gasteiger partial charge on any atom is -0.342 e. The predicted molar refractivity (Wildman–Crippen MR) is 98.6 cm³/mol. The molecule has 1 aromatic heterocycles. The Morgan fingerprint density at radius 1 is 1.08 bits per heavy atom. The van der Waals surface area contributed by atoms with E-state index in [-0.39, 0.29) is 5.82 Å². The highest BCUT2D eigenvalue weighted by Gasteiger charge is 2.23. The van der Waals surface area contributed by atoms with Gasteiger partial charge in [-0.15, -0.1) is 0 Å². The van der Waals surface area contributed by atoms with E-state index < -0.39 is 0 Å². The third-order valence-corrected chi connectivity index (χ3v) is 5.78. The molecule has 2 aromatic carbocycles. The average molecular weight is 387 g/mol. The van der Waals surface area contributed by atoms with Crippen LogP contribution in [0.4, 0.5) is 4.39 Å². The zero-order chi connectivity index (χ0) is 16.5. The summed E-state index contributed by atoms with van der Waals surface area (Å²) in [5.41, 5.74) is 3.08. The molecule has 0 unspecified atom stereocenters. The van der Waals surface area contributed by atoms with Crippen molar-refractivity contribution in [2.24, 2.45) is 5.92 Å². The molecule has 1 heterocycles. The molecule has 1 fully saturated rings. The van der Waals surface area contributed by atoms with E-state index in [1.807, 2.05) is 0 Å². The van der Waals surface area contributed by atoms with Gasteiger partial charge in [-0.25, -0.2) is 9.37 Å². The lowest BCUT2D eigenvalue weighted by molar-refractivity contribution is 0.321. The summed E-state index contributed by atoms with van der Waals surface area (Å²) in [4.78, 5) is 7.92. The Morgan fingerprint density at radius 2 is 1.83 bits per heavy atom. The molecule has 0 amide bonds. The van der Waals surface area contributed by atoms with E-state index in [4.69, 9.17) is 0 Å². The number of aromatic nitrogens is 2. The van der Waals surface area contributed by atoms with Crippen LogP contribution in [-0.4, -0.2) is 9.97 Å². The molecule has 4 heteroatoms. The van der Waals surface area contributed by atoms with Gasteiger partial charge < -0.3 is 4.98 Å². The quantitative estimate of drug-likeness (QED) is 0.588. The van der Waals surface area contributed by atoms with Crippen LogP contribution in [0.1, 0.15) is 43.0 Å². The number of halogens is 2. The highest BCUT2D eigenvalue weighted by atomic mass is 79.9. The summed E-state index contributed by atoms with van der Waals surface area (Å²) >= 11 is 3.23. The van der Waals surface area contributed by atoms with E-state index in [1.54, 1.807) is 6.07 Å². The van der Waals surface area contributed by atoms with Gasteiger partial charge in [0.2, 0.25) is 0 Å². The normalized spacial score (nSPS) is 21.2. The monoisotopic (exact) mass is 386 g/mol. The van der Waals surface area contributed by atoms with Crippen LogP contribution in [0.5, 0.6) is 0 Å². The van der Waals surface area contributed by atoms with Crippen molar-refractivity contribution in [2.45, 2.75) is 38.0 Å². The number of fused-ring (bicyclic) bond motifs is 1. The molecule has 1 N–H and O–H groups in total. The van der Waals surface area contributed by atoms with Crippen molar-refractivity contribution in [1.29, 1.82) is 0 Å². The van der Waals surface area contributed by atoms with Gasteiger partial charge in [-0.1, -0.05) is 30.3 Å². The molecule has 0 aliphatic heterocycles. The lowest BCUT2D eigenvalue weighted by atomic mass is 9.77. The van der Waals surface area contributed by atoms with Crippen LogP contribution in [0, 0.1) is 11.7 Å². The number of nitrogens with one attached hydrogen (secondary N) is 1. The molecule has 124 valence electrons. The van der Waals surface area contributed by atoms with Gasteiger partial charge in [-0.05, 0) is 65.1 Å². The summed E-state index contributed by atoms with van der Waals surface area (Å²) in [6, 6.07) is 14.1. The second kappa shape index (κ2) is 6.67. The molecule has 1 aliphatic rings. The van der Waals surface area contributed by atoms with Gasteiger partial charge in [0.1, 0.15) is 11.6 Å². The van der Waals surface area contributed by atoms with Crippen LogP contribution in [0.15, 0.2) is 46.9 Å². The van der Waals surface area contributed by atoms with Crippen molar-refractivity contribution >= 4 is 27.0 Å². The van der Waals surface area contributed by atoms with Crippen LogP contribution >= 0.6 is 15.9 Å². The molecule has 1 aliphatic carbocycles. The molecular weight excluding hydrogens is 367 g/mol. The number of imidazole rings is 1. The maximum absolute atomic E-state index is 13.6. The van der Waals surface area contributed by atoms with Gasteiger partial charge in [0.15, 0.2) is 0 Å². The van der Waals surface area contributed by atoms with Gasteiger partial charge in [0.05, 0.1) is 15.5 Å². The number of hydrogen-bond donors (Lipinski definition) is 1. The van der Waals surface area contributed by atoms with Gasteiger partial charge >= 0.3 is 0 Å². The first-order valence-electron chi connectivity index (χ1n) is 8.57. The van der Waals surface area contributed by atoms with Gasteiger partial charge in [-0.3, -0.25) is 0 Å². The second-order valence-electron chi connectivity index (χ2n) is 6.80. The second-order valence-corrected chi connectivity index (χ2v) is 7.65. The maximum Gasteiger partial charge on any atom is 0.139 e. The smallest absolute Gasteiger partial charge is 0.139 e. The van der Waals surface area contributed by atoms with Crippen molar-refractivity contribution in [2.75, 3.05) is 0 Å². The first-order valence-corrected chi connectivity index (χ1v) is 9.37. The number of aromatic amines is 1. The first-order chi connectivity index (χ1) is 11.7. The number of hydrogen-bond acceptors (Lipinski definition) is 1. The molecule has 3 aromatic rings. The Hall–Kier alpha value is -1.68. The Balaban J connectivity index is 1.42. The number of benzene rings is 2. The fraction of sp³-hybridized carbons (Fsp3) is 0.350. The summed E-state index contributed by atoms with van der Waals surface area (Å²) in [6.07, 6.45) is 5.91. The first kappa shape index (κ1) is 15.8. The molecule has 0 bridgehead atoms. The predicted octanol–water partition coefficient (Wildman–Crippen LogP) is 5.98. The van der Waals surface area contributed by atoms with Crippen molar-refractivity contribution in [3.05, 3.63) is 64.1 Å². The molecule has 1 saturated carbocycles. The van der Waals surface area contributed by atoms with Crippen molar-refractivity contribution in [3.63, 3.8) is 0 Å². The number of nitrogens with zero attached hydrogens (tertiary/aromatic N) is 1. The van der Waals surface area contributed by atoms with Crippen LogP contribution < -0.4 is 0 Å². The summed E-state index contributed by atoms with van der Waals surface area (Å²) in [5.74, 6) is 2.08. The molecule has 24 heavy (non-hydrogen) atoms. The van der Waals surface area contributed by atoms with Crippen LogP contribution in [0.25, 0.3) is 11.0 Å². The highest BCUT2D eigenvalue weighted by Crippen LogP contribution is 2.37. The summed E-state index contributed by atoms with van der Waals surface area (Å²) < 4.78 is 14.1. The van der Waals surface area contributed by atoms with Gasteiger partial charge in [0.25, 0.3) is 0 Å². The third-order valence-electron chi connectivity index (χ3n) is 5.17. The summed E-state index contributed by atoms with van der Waals surface area (Å²) in [7, 11) is 0. The lowest BCUT2D eigenvalue weighted by Crippen LogP contribution is -2.15. The third kappa shape index (κ3) is 3.25. The van der Waals surface area contributed by atoms with Crippen LogP contribution in [0.3, 0.4) is 0 Å². The topological polar surface area (TPSA) is 28.7 Å². The lowest BCUT2D eigenvalue weighted by Gasteiger charge is -2.28. The van der Waals surface area contributed by atoms with E-state index in [1.165, 1.54) is 37.3 Å². The highest BCUT2D eigenvalue weighted by molar-refractivity contribution is 9.10. The number of H-pyrrole nitrogens is 1. The Morgan fingerprint density at radius 3 is 2.58 bits per heavy atom. The van der Waals surface area contributed by atoms with E-state index in [2.05, 4.69) is 56.2 Å². The van der Waals surface area contributed by atoms with E-state index in [9.17, 15) is 4.39 Å². The minimum atomic E-state index is -0.260. The fourth-order valence-corrected chi connectivity index (χ4v) is 4.20. The standard InChI is InChI=1S/C20H20BrFN2/c21-16-11-18-19(12-17(16)22)24-20(23-18)10-13-6-8-15(9-7-13)14-4-2-1-3-5-14/h1-5,11-13,15H,6-10H2,(H,23,24)/t13-,15-. The van der Waals surface area contributed by atoms with Crippen molar-refractivity contribution < 1.29 is 4.39 Å². The largest absolute Gasteiger partial charge is 0.342 e. The van der Waals surface area contributed by atoms with Crippen LogP contribution in [-0.2, 0) is 6.42 Å². The minimum absolute atomic E-state index is 0.260. The molecule has 0 radical (unpaired) electrons. The number of rotatable bonds is 3. The SMILES string of the molecule is Fc1cc2nc(C[C@H]3CC[C@H](c4ccccc4)CC3)[nH]c2cc1Br. The van der Waals surface area contributed by atoms with Crippen molar-refractivity contribution in [3.8, 4) is 0 Å². The molecule has 0 saturated heterocycles. The molecule has 2 nitrogen and oxygen atoms in total. The molecule has 0 spiro atoms. The average Bonchev–Trinajstić information content (AvgIpc) is 2.98. The van der Waals surface area contributed by atoms with Gasteiger partial charge in [0, 0.05) is 12.5 Å². The van der Waals surface area contributed by atoms with E-state index >= 15 is 0 Å². The van der Waals surface area contributed by atoms with Crippen molar-refractivity contribution in [1.82, 2.24) is 9.97 Å². The zero-order valence-electron chi connectivity index (χ0n) is 13.4. The summed E-state index contributed by atoms with van der Waals surface area (Å²) in [6.45, 7) is 0. The maximum atomic E-state index is 13.6. The summed E-state index contributed by atoms with van der Waals surface area (Å²) in [5, 5.41) is 0. The molecule has 0 atom stereocenters. The Kier molecular flexibility index (Phi) is 4.40. The van der Waals surface area contributed by atoms with Gasteiger partial charge in [-0.2, -0.15) is 0 Å². The zero-order valence-corrected chi connectivity index (χ0v) is 15.0. The van der Waals surface area contributed by atoms with E-state index in [0.717, 1.165) is 17.8 Å². The molecular formula is C20H20BrFN2. The van der Waals surface area contributed by atoms with E-state index in [0.29, 0.717) is 21.8 Å². The Bertz CT molecular complexity index is 796. The fourth-order valence-electron chi connectivity index (χ4n) is 3.85.